The number of aromatic nitrogens is 4. The van der Waals surface area contributed by atoms with E-state index in [9.17, 15) is 13.2 Å². The van der Waals surface area contributed by atoms with Crippen LogP contribution in [0.4, 0.5) is 13.2 Å². The molecule has 0 unspecified atom stereocenters. The lowest BCUT2D eigenvalue weighted by Crippen LogP contribution is -2.30. The summed E-state index contributed by atoms with van der Waals surface area (Å²) in [4.78, 5) is 8.24. The molecule has 9 heteroatoms. The molecule has 2 aromatic heterocycles. The van der Waals surface area contributed by atoms with E-state index in [2.05, 4.69) is 31.5 Å². The molecule has 30 heavy (non-hydrogen) atoms. The first-order valence-corrected chi connectivity index (χ1v) is 10.3. The Morgan fingerprint density at radius 2 is 2.00 bits per heavy atom. The van der Waals surface area contributed by atoms with Crippen molar-refractivity contribution >= 4 is 23.2 Å². The van der Waals surface area contributed by atoms with E-state index < -0.39 is 12.1 Å². The van der Waals surface area contributed by atoms with Gasteiger partial charge < -0.3 is 14.4 Å². The number of halogens is 3. The zero-order valence-electron chi connectivity index (χ0n) is 16.7. The van der Waals surface area contributed by atoms with Crippen molar-refractivity contribution in [1.29, 1.82) is 0 Å². The molecule has 0 amide bonds. The molecule has 4 rings (SSSR count). The predicted molar refractivity (Wildman–Crippen MR) is 108 cm³/mol. The number of hydrogen-bond donors (Lipinski definition) is 1. The Bertz CT molecular complexity index is 1030. The van der Waals surface area contributed by atoms with Crippen molar-refractivity contribution in [3.05, 3.63) is 41.3 Å². The van der Waals surface area contributed by atoms with Crippen molar-refractivity contribution in [2.24, 2.45) is 0 Å². The number of fused-ring (bicyclic) bond motifs is 1. The Morgan fingerprint density at radius 1 is 1.20 bits per heavy atom. The molecule has 0 radical (unpaired) electrons. The van der Waals surface area contributed by atoms with Gasteiger partial charge in [-0.15, -0.1) is 0 Å². The average Bonchev–Trinajstić information content (AvgIpc) is 3.35. The standard InChI is InChI=1S/C21H24F3N5O/c1-2-3-4-19-26-16-13-14(6-8-18-27-20(30-28-18)21(22,23)24)5-7-17(16)29(19)15-9-11-25-12-10-15/h5-8,13,15,25H,2-4,9-12H2,1H3/b8-6+. The summed E-state index contributed by atoms with van der Waals surface area (Å²) in [5.41, 5.74) is 2.81. The molecule has 1 aromatic carbocycles. The molecule has 3 heterocycles. The van der Waals surface area contributed by atoms with Crippen molar-refractivity contribution in [2.45, 2.75) is 51.2 Å². The zero-order chi connectivity index (χ0) is 21.1. The molecule has 0 spiro atoms. The van der Waals surface area contributed by atoms with Crippen molar-refractivity contribution in [1.82, 2.24) is 25.0 Å². The third kappa shape index (κ3) is 4.40. The fourth-order valence-electron chi connectivity index (χ4n) is 3.84. The largest absolute Gasteiger partial charge is 0.471 e. The highest BCUT2D eigenvalue weighted by Gasteiger charge is 2.38. The molecule has 3 aromatic rings. The third-order valence-corrected chi connectivity index (χ3v) is 5.32. The van der Waals surface area contributed by atoms with E-state index in [4.69, 9.17) is 4.98 Å². The molecule has 1 saturated heterocycles. The van der Waals surface area contributed by atoms with Crippen LogP contribution in [0.2, 0.25) is 0 Å². The molecule has 160 valence electrons. The monoisotopic (exact) mass is 419 g/mol. The van der Waals surface area contributed by atoms with Gasteiger partial charge in [0.2, 0.25) is 0 Å². The highest BCUT2D eigenvalue weighted by Crippen LogP contribution is 2.29. The summed E-state index contributed by atoms with van der Waals surface area (Å²) in [5, 5.41) is 6.76. The Kier molecular flexibility index (Phi) is 5.90. The second-order valence-electron chi connectivity index (χ2n) is 7.52. The normalized spacial score (nSPS) is 16.1. The zero-order valence-corrected chi connectivity index (χ0v) is 16.7. The van der Waals surface area contributed by atoms with Gasteiger partial charge in [-0.1, -0.05) is 30.6 Å². The van der Waals surface area contributed by atoms with E-state index in [1.54, 1.807) is 6.08 Å². The number of benzene rings is 1. The lowest BCUT2D eigenvalue weighted by Gasteiger charge is -2.26. The molecule has 0 aliphatic carbocycles. The minimum atomic E-state index is -4.64. The second kappa shape index (κ2) is 8.59. The topological polar surface area (TPSA) is 68.8 Å². The molecule has 1 N–H and O–H groups in total. The number of imidazole rings is 1. The SMILES string of the molecule is CCCCc1nc2cc(/C=C/c3noc(C(F)(F)F)n3)ccc2n1C1CCNCC1. The number of nitrogens with zero attached hydrogens (tertiary/aromatic N) is 4. The summed E-state index contributed by atoms with van der Waals surface area (Å²) in [7, 11) is 0. The van der Waals surface area contributed by atoms with Crippen LogP contribution in [0.3, 0.4) is 0 Å². The Hall–Kier alpha value is -2.68. The van der Waals surface area contributed by atoms with Crippen LogP contribution in [-0.4, -0.2) is 32.8 Å². The maximum Gasteiger partial charge on any atom is 0.471 e. The third-order valence-electron chi connectivity index (χ3n) is 5.32. The van der Waals surface area contributed by atoms with E-state index in [1.165, 1.54) is 6.08 Å². The van der Waals surface area contributed by atoms with Crippen molar-refractivity contribution in [2.75, 3.05) is 13.1 Å². The minimum absolute atomic E-state index is 0.119. The summed E-state index contributed by atoms with van der Waals surface area (Å²) in [6.07, 6.45) is 3.70. The van der Waals surface area contributed by atoms with Crippen LogP contribution < -0.4 is 5.32 Å². The van der Waals surface area contributed by atoms with E-state index in [1.807, 2.05) is 18.2 Å². The first kappa shape index (κ1) is 20.6. The van der Waals surface area contributed by atoms with Gasteiger partial charge in [0.1, 0.15) is 5.82 Å². The number of unbranched alkanes of at least 4 members (excludes halogenated alkanes) is 1. The van der Waals surface area contributed by atoms with Gasteiger partial charge >= 0.3 is 12.1 Å². The van der Waals surface area contributed by atoms with Crippen LogP contribution >= 0.6 is 0 Å². The number of aryl methyl sites for hydroxylation is 1. The lowest BCUT2D eigenvalue weighted by atomic mass is 10.1. The fraction of sp³-hybridized carbons (Fsp3) is 0.476. The van der Waals surface area contributed by atoms with E-state index in [0.717, 1.165) is 67.6 Å². The fourth-order valence-corrected chi connectivity index (χ4v) is 3.84. The Balaban J connectivity index is 1.62. The lowest BCUT2D eigenvalue weighted by molar-refractivity contribution is -0.159. The summed E-state index contributed by atoms with van der Waals surface area (Å²) in [6.45, 7) is 4.18. The summed E-state index contributed by atoms with van der Waals surface area (Å²) >= 11 is 0. The van der Waals surface area contributed by atoms with Crippen molar-refractivity contribution in [3.63, 3.8) is 0 Å². The first-order chi connectivity index (χ1) is 14.5. The molecular weight excluding hydrogens is 395 g/mol. The maximum absolute atomic E-state index is 12.6. The van der Waals surface area contributed by atoms with Gasteiger partial charge in [-0.2, -0.15) is 18.2 Å². The smallest absolute Gasteiger partial charge is 0.329 e. The van der Waals surface area contributed by atoms with Crippen LogP contribution in [0.1, 0.15) is 61.8 Å². The van der Waals surface area contributed by atoms with Gasteiger partial charge in [0, 0.05) is 12.5 Å². The molecule has 1 aliphatic heterocycles. The molecule has 0 bridgehead atoms. The van der Waals surface area contributed by atoms with E-state index in [0.29, 0.717) is 6.04 Å². The molecule has 6 nitrogen and oxygen atoms in total. The van der Waals surface area contributed by atoms with Crippen LogP contribution in [0.15, 0.2) is 22.7 Å². The van der Waals surface area contributed by atoms with Crippen molar-refractivity contribution < 1.29 is 17.7 Å². The summed E-state index contributed by atoms with van der Waals surface area (Å²) in [5.74, 6) is -0.363. The minimum Gasteiger partial charge on any atom is -0.329 e. The Morgan fingerprint density at radius 3 is 2.70 bits per heavy atom. The number of rotatable bonds is 6. The van der Waals surface area contributed by atoms with Gasteiger partial charge in [-0.3, -0.25) is 0 Å². The molecular formula is C21H24F3N5O. The highest BCUT2D eigenvalue weighted by molar-refractivity contribution is 5.81. The Labute approximate surface area is 172 Å². The van der Waals surface area contributed by atoms with Crippen LogP contribution in [-0.2, 0) is 12.6 Å². The molecule has 1 aliphatic rings. The van der Waals surface area contributed by atoms with Crippen LogP contribution in [0.25, 0.3) is 23.2 Å². The number of hydrogen-bond acceptors (Lipinski definition) is 5. The van der Waals surface area contributed by atoms with Gasteiger partial charge in [-0.25, -0.2) is 4.98 Å². The molecule has 0 atom stereocenters. The predicted octanol–water partition coefficient (Wildman–Crippen LogP) is 4.88. The number of alkyl halides is 3. The summed E-state index contributed by atoms with van der Waals surface area (Å²) in [6, 6.07) is 6.36. The van der Waals surface area contributed by atoms with Crippen molar-refractivity contribution in [3.8, 4) is 0 Å². The average molecular weight is 419 g/mol. The van der Waals surface area contributed by atoms with Crippen LogP contribution in [0, 0.1) is 0 Å². The van der Waals surface area contributed by atoms with Gasteiger partial charge in [0.25, 0.3) is 0 Å². The maximum atomic E-state index is 12.6. The van der Waals surface area contributed by atoms with Gasteiger partial charge in [0.15, 0.2) is 5.82 Å². The summed E-state index contributed by atoms with van der Waals surface area (Å²) < 4.78 is 44.4. The van der Waals surface area contributed by atoms with Gasteiger partial charge in [0.05, 0.1) is 11.0 Å². The highest BCUT2D eigenvalue weighted by atomic mass is 19.4. The first-order valence-electron chi connectivity index (χ1n) is 10.3. The van der Waals surface area contributed by atoms with Crippen LogP contribution in [0.5, 0.6) is 0 Å². The van der Waals surface area contributed by atoms with E-state index >= 15 is 0 Å². The van der Waals surface area contributed by atoms with E-state index in [-0.39, 0.29) is 5.82 Å². The van der Waals surface area contributed by atoms with Gasteiger partial charge in [-0.05, 0) is 56.1 Å². The number of nitrogens with one attached hydrogen (secondary N) is 1. The second-order valence-corrected chi connectivity index (χ2v) is 7.52. The molecule has 0 saturated carbocycles. The molecule has 1 fully saturated rings. The number of piperidine rings is 1. The quantitative estimate of drug-likeness (QED) is 0.617.